The largest absolute Gasteiger partial charge is 0.486 e. The van der Waals surface area contributed by atoms with Crippen LogP contribution in [0.15, 0.2) is 79.0 Å². The topological polar surface area (TPSA) is 41.6 Å². The Kier molecular flexibility index (Phi) is 5.26. The lowest BCUT2D eigenvalue weighted by atomic mass is 10.1. The van der Waals surface area contributed by atoms with Crippen LogP contribution in [0.25, 0.3) is 5.76 Å². The van der Waals surface area contributed by atoms with Crippen LogP contribution in [0, 0.1) is 0 Å². The summed E-state index contributed by atoms with van der Waals surface area (Å²) >= 11 is 5.26. The van der Waals surface area contributed by atoms with E-state index in [2.05, 4.69) is 11.9 Å². The zero-order valence-electron chi connectivity index (χ0n) is 13.6. The van der Waals surface area contributed by atoms with Gasteiger partial charge in [-0.1, -0.05) is 66.7 Å². The van der Waals surface area contributed by atoms with Crippen molar-refractivity contribution < 1.29 is 9.53 Å². The summed E-state index contributed by atoms with van der Waals surface area (Å²) in [6, 6.07) is 19.3. The van der Waals surface area contributed by atoms with E-state index >= 15 is 0 Å². The van der Waals surface area contributed by atoms with Crippen molar-refractivity contribution in [2.24, 2.45) is 0 Å². The van der Waals surface area contributed by atoms with E-state index in [1.165, 1.54) is 4.90 Å². The number of nitrogens with zero attached hydrogens (tertiary/aromatic N) is 1. The molecule has 1 aliphatic heterocycles. The fourth-order valence-corrected chi connectivity index (χ4v) is 2.78. The smallest absolute Gasteiger partial charge is 0.280 e. The number of amides is 1. The maximum absolute atomic E-state index is 12.7. The van der Waals surface area contributed by atoms with Crippen molar-refractivity contribution in [1.82, 2.24) is 10.2 Å². The van der Waals surface area contributed by atoms with Crippen LogP contribution in [0.1, 0.15) is 11.1 Å². The van der Waals surface area contributed by atoms with Crippen LogP contribution in [0.3, 0.4) is 0 Å². The van der Waals surface area contributed by atoms with E-state index in [1.807, 2.05) is 60.7 Å². The number of rotatable bonds is 6. The van der Waals surface area contributed by atoms with Gasteiger partial charge in [0.2, 0.25) is 0 Å². The number of hydrogen-bond acceptors (Lipinski definition) is 3. The predicted octanol–water partition coefficient (Wildman–Crippen LogP) is 3.47. The van der Waals surface area contributed by atoms with Crippen molar-refractivity contribution >= 4 is 29.0 Å². The van der Waals surface area contributed by atoms with Gasteiger partial charge in [0.25, 0.3) is 5.91 Å². The lowest BCUT2D eigenvalue weighted by Gasteiger charge is -2.13. The molecule has 0 spiro atoms. The quantitative estimate of drug-likeness (QED) is 0.375. The Morgan fingerprint density at radius 2 is 1.76 bits per heavy atom. The first-order chi connectivity index (χ1) is 12.2. The highest BCUT2D eigenvalue weighted by Gasteiger charge is 2.33. The molecule has 1 amide bonds. The lowest BCUT2D eigenvalue weighted by Crippen LogP contribution is -2.30. The SMILES string of the molecule is C=CCN1C(=O)C(=C(OCc2ccccc2)c2ccccc2)NC1=S. The molecule has 0 bridgehead atoms. The van der Waals surface area contributed by atoms with Gasteiger partial charge in [-0.25, -0.2) is 0 Å². The van der Waals surface area contributed by atoms with E-state index in [1.54, 1.807) is 6.08 Å². The average Bonchev–Trinajstić information content (AvgIpc) is 2.92. The molecule has 1 saturated heterocycles. The maximum atomic E-state index is 12.7. The van der Waals surface area contributed by atoms with Gasteiger partial charge in [0, 0.05) is 12.1 Å². The van der Waals surface area contributed by atoms with Gasteiger partial charge in [-0.2, -0.15) is 0 Å². The molecule has 5 heteroatoms. The van der Waals surface area contributed by atoms with Gasteiger partial charge in [-0.15, -0.1) is 6.58 Å². The summed E-state index contributed by atoms with van der Waals surface area (Å²) in [6.07, 6.45) is 1.64. The molecule has 1 fully saturated rings. The Morgan fingerprint density at radius 1 is 1.12 bits per heavy atom. The minimum Gasteiger partial charge on any atom is -0.486 e. The first-order valence-electron chi connectivity index (χ1n) is 7.91. The molecule has 0 aliphatic carbocycles. The summed E-state index contributed by atoms with van der Waals surface area (Å²) in [4.78, 5) is 14.2. The molecule has 1 N–H and O–H groups in total. The van der Waals surface area contributed by atoms with Gasteiger partial charge in [-0.05, 0) is 17.8 Å². The van der Waals surface area contributed by atoms with Crippen LogP contribution in [-0.4, -0.2) is 22.5 Å². The van der Waals surface area contributed by atoms with Crippen LogP contribution >= 0.6 is 12.2 Å². The minimum absolute atomic E-state index is 0.211. The third-order valence-electron chi connectivity index (χ3n) is 3.74. The van der Waals surface area contributed by atoms with Crippen molar-refractivity contribution in [3.63, 3.8) is 0 Å². The highest BCUT2D eigenvalue weighted by Crippen LogP contribution is 2.25. The zero-order chi connectivity index (χ0) is 17.6. The number of carbonyl (C=O) groups excluding carboxylic acids is 1. The van der Waals surface area contributed by atoms with Gasteiger partial charge >= 0.3 is 0 Å². The average molecular weight is 350 g/mol. The highest BCUT2D eigenvalue weighted by molar-refractivity contribution is 7.80. The first kappa shape index (κ1) is 16.9. The van der Waals surface area contributed by atoms with Crippen molar-refractivity contribution in [3.05, 3.63) is 90.1 Å². The van der Waals surface area contributed by atoms with Crippen molar-refractivity contribution in [2.75, 3.05) is 6.54 Å². The molecule has 0 radical (unpaired) electrons. The van der Waals surface area contributed by atoms with Crippen molar-refractivity contribution in [2.45, 2.75) is 6.61 Å². The number of nitrogens with one attached hydrogen (secondary N) is 1. The van der Waals surface area contributed by atoms with E-state index in [9.17, 15) is 4.79 Å². The van der Waals surface area contributed by atoms with Crippen LogP contribution < -0.4 is 5.32 Å². The summed E-state index contributed by atoms with van der Waals surface area (Å²) in [5.74, 6) is 0.278. The summed E-state index contributed by atoms with van der Waals surface area (Å²) < 4.78 is 6.03. The predicted molar refractivity (Wildman–Crippen MR) is 102 cm³/mol. The first-order valence-corrected chi connectivity index (χ1v) is 8.31. The lowest BCUT2D eigenvalue weighted by molar-refractivity contribution is -0.122. The molecule has 0 saturated carbocycles. The summed E-state index contributed by atoms with van der Waals surface area (Å²) in [7, 11) is 0. The van der Waals surface area contributed by atoms with Crippen LogP contribution in [0.5, 0.6) is 0 Å². The Labute approximate surface area is 152 Å². The van der Waals surface area contributed by atoms with Gasteiger partial charge in [0.1, 0.15) is 12.3 Å². The normalized spacial score (nSPS) is 15.8. The van der Waals surface area contributed by atoms with Gasteiger partial charge in [-0.3, -0.25) is 9.69 Å². The second-order valence-corrected chi connectivity index (χ2v) is 5.87. The molecule has 4 nitrogen and oxygen atoms in total. The second-order valence-electron chi connectivity index (χ2n) is 5.48. The Bertz CT molecular complexity index is 816. The Balaban J connectivity index is 1.95. The molecule has 1 aliphatic rings. The number of carbonyl (C=O) groups is 1. The standard InChI is InChI=1S/C20H18N2O2S/c1-2-13-22-19(23)17(21-20(22)25)18(16-11-7-4-8-12-16)24-14-15-9-5-3-6-10-15/h2-12H,1,13-14H2,(H,21,25). The molecule has 2 aromatic carbocycles. The third-order valence-corrected chi connectivity index (χ3v) is 4.06. The summed E-state index contributed by atoms with van der Waals surface area (Å²) in [5, 5.41) is 3.35. The second kappa shape index (κ2) is 7.77. The van der Waals surface area contributed by atoms with Crippen molar-refractivity contribution in [1.29, 1.82) is 0 Å². The van der Waals surface area contributed by atoms with Crippen LogP contribution in [-0.2, 0) is 16.1 Å². The zero-order valence-corrected chi connectivity index (χ0v) is 14.5. The summed E-state index contributed by atoms with van der Waals surface area (Å²) in [5.41, 5.74) is 2.19. The molecular weight excluding hydrogens is 332 g/mol. The Morgan fingerprint density at radius 3 is 2.40 bits per heavy atom. The molecular formula is C20H18N2O2S. The van der Waals surface area contributed by atoms with E-state index < -0.39 is 0 Å². The molecule has 126 valence electrons. The van der Waals surface area contributed by atoms with Crippen LogP contribution in [0.4, 0.5) is 0 Å². The molecule has 1 heterocycles. The number of hydrogen-bond donors (Lipinski definition) is 1. The van der Waals surface area contributed by atoms with Crippen LogP contribution in [0.2, 0.25) is 0 Å². The van der Waals surface area contributed by atoms with Gasteiger partial charge < -0.3 is 10.1 Å². The third kappa shape index (κ3) is 3.78. The number of thiocarbonyl (C=S) groups is 1. The Hall–Kier alpha value is -2.92. The molecule has 2 aromatic rings. The van der Waals surface area contributed by atoms with E-state index in [0.717, 1.165) is 11.1 Å². The maximum Gasteiger partial charge on any atom is 0.280 e. The van der Waals surface area contributed by atoms with Gasteiger partial charge in [0.15, 0.2) is 10.9 Å². The minimum atomic E-state index is -0.211. The number of benzene rings is 2. The molecule has 0 aromatic heterocycles. The van der Waals surface area contributed by atoms with E-state index in [-0.39, 0.29) is 5.91 Å². The van der Waals surface area contributed by atoms with E-state index in [0.29, 0.717) is 29.7 Å². The fourth-order valence-electron chi connectivity index (χ4n) is 2.52. The van der Waals surface area contributed by atoms with Gasteiger partial charge in [0.05, 0.1) is 0 Å². The fraction of sp³-hybridized carbons (Fsp3) is 0.100. The number of ether oxygens (including phenoxy) is 1. The highest BCUT2D eigenvalue weighted by atomic mass is 32.1. The molecule has 0 unspecified atom stereocenters. The monoisotopic (exact) mass is 350 g/mol. The molecule has 0 atom stereocenters. The summed E-state index contributed by atoms with van der Waals surface area (Å²) in [6.45, 7) is 4.38. The van der Waals surface area contributed by atoms with Crippen molar-refractivity contribution in [3.8, 4) is 0 Å². The van der Waals surface area contributed by atoms with E-state index in [4.69, 9.17) is 17.0 Å². The molecule has 3 rings (SSSR count). The molecule has 25 heavy (non-hydrogen) atoms.